The summed E-state index contributed by atoms with van der Waals surface area (Å²) in [5, 5.41) is 4.75. The van der Waals surface area contributed by atoms with E-state index in [1.54, 1.807) is 5.38 Å². The van der Waals surface area contributed by atoms with E-state index in [1.807, 2.05) is 0 Å². The highest BCUT2D eigenvalue weighted by molar-refractivity contribution is 7.13. The minimum atomic E-state index is -0.234. The summed E-state index contributed by atoms with van der Waals surface area (Å²) in [7, 11) is 0. The molecule has 6 nitrogen and oxygen atoms in total. The van der Waals surface area contributed by atoms with E-state index < -0.39 is 0 Å². The fourth-order valence-electron chi connectivity index (χ4n) is 1.34. The molecule has 7 heteroatoms. The minimum absolute atomic E-state index is 0.0753. The summed E-state index contributed by atoms with van der Waals surface area (Å²) in [6.45, 7) is 2.13. The number of ether oxygens (including phenoxy) is 2. The Hall–Kier alpha value is -1.18. The average Bonchev–Trinajstić information content (AvgIpc) is 2.74. The fourth-order valence-corrected chi connectivity index (χ4v) is 1.89. The maximum atomic E-state index is 11.6. The molecule has 1 unspecified atom stereocenters. The molecule has 1 aromatic heterocycles. The van der Waals surface area contributed by atoms with Crippen LogP contribution in [0.1, 0.15) is 10.5 Å². The Morgan fingerprint density at radius 1 is 1.69 bits per heavy atom. The quantitative estimate of drug-likeness (QED) is 0.772. The van der Waals surface area contributed by atoms with E-state index in [0.29, 0.717) is 37.2 Å². The van der Waals surface area contributed by atoms with Crippen LogP contribution in [0.3, 0.4) is 0 Å². The van der Waals surface area contributed by atoms with Crippen LogP contribution in [-0.4, -0.2) is 43.4 Å². The number of nitrogen functional groups attached to an aromatic ring is 1. The monoisotopic (exact) mass is 243 g/mol. The number of nitrogens with zero attached hydrogens (tertiary/aromatic N) is 1. The lowest BCUT2D eigenvalue weighted by Gasteiger charge is -2.22. The molecule has 3 N–H and O–H groups in total. The van der Waals surface area contributed by atoms with E-state index in [0.717, 1.165) is 0 Å². The zero-order chi connectivity index (χ0) is 11.4. The number of aromatic nitrogens is 1. The summed E-state index contributed by atoms with van der Waals surface area (Å²) in [5.41, 5.74) is 5.78. The molecule has 1 saturated heterocycles. The van der Waals surface area contributed by atoms with Gasteiger partial charge in [0, 0.05) is 11.9 Å². The van der Waals surface area contributed by atoms with Gasteiger partial charge >= 0.3 is 0 Å². The fraction of sp³-hybridized carbons (Fsp3) is 0.556. The zero-order valence-corrected chi connectivity index (χ0v) is 9.46. The van der Waals surface area contributed by atoms with E-state index in [9.17, 15) is 4.79 Å². The van der Waals surface area contributed by atoms with Gasteiger partial charge in [-0.2, -0.15) is 0 Å². The number of amides is 1. The van der Waals surface area contributed by atoms with Gasteiger partial charge in [-0.05, 0) is 0 Å². The molecule has 1 aliphatic heterocycles. The minimum Gasteiger partial charge on any atom is -0.376 e. The van der Waals surface area contributed by atoms with Crippen LogP contribution >= 0.6 is 11.3 Å². The summed E-state index contributed by atoms with van der Waals surface area (Å²) >= 11 is 1.24. The van der Waals surface area contributed by atoms with Crippen LogP contribution in [0.25, 0.3) is 0 Å². The normalized spacial score (nSPS) is 20.6. The third kappa shape index (κ3) is 2.91. The van der Waals surface area contributed by atoms with Gasteiger partial charge in [0.15, 0.2) is 5.13 Å². The van der Waals surface area contributed by atoms with Gasteiger partial charge in [0.05, 0.1) is 25.9 Å². The summed E-state index contributed by atoms with van der Waals surface area (Å²) in [6, 6.07) is 0. The van der Waals surface area contributed by atoms with Crippen molar-refractivity contribution in [1.29, 1.82) is 0 Å². The first-order valence-corrected chi connectivity index (χ1v) is 5.82. The van der Waals surface area contributed by atoms with Gasteiger partial charge < -0.3 is 20.5 Å². The molecule has 0 aromatic carbocycles. The number of nitrogens with one attached hydrogen (secondary N) is 1. The Balaban J connectivity index is 1.79. The Labute approximate surface area is 96.8 Å². The smallest absolute Gasteiger partial charge is 0.270 e. The van der Waals surface area contributed by atoms with Gasteiger partial charge in [-0.15, -0.1) is 11.3 Å². The van der Waals surface area contributed by atoms with Gasteiger partial charge in [-0.1, -0.05) is 0 Å². The molecule has 1 amide bonds. The predicted octanol–water partition coefficient (Wildman–Crippen LogP) is -0.130. The molecule has 1 atom stereocenters. The highest BCUT2D eigenvalue weighted by atomic mass is 32.1. The van der Waals surface area contributed by atoms with Gasteiger partial charge in [-0.25, -0.2) is 4.98 Å². The van der Waals surface area contributed by atoms with Gasteiger partial charge in [0.25, 0.3) is 5.91 Å². The molecule has 88 valence electrons. The number of carbonyl (C=O) groups is 1. The van der Waals surface area contributed by atoms with E-state index in [2.05, 4.69) is 10.3 Å². The predicted molar refractivity (Wildman–Crippen MR) is 59.4 cm³/mol. The third-order valence-electron chi connectivity index (χ3n) is 2.13. The molecule has 0 spiro atoms. The maximum absolute atomic E-state index is 11.6. The second-order valence-electron chi connectivity index (χ2n) is 3.35. The molecule has 1 fully saturated rings. The molecule has 1 aliphatic rings. The van der Waals surface area contributed by atoms with Crippen molar-refractivity contribution in [1.82, 2.24) is 10.3 Å². The van der Waals surface area contributed by atoms with Crippen molar-refractivity contribution in [2.45, 2.75) is 6.10 Å². The molecule has 0 aliphatic carbocycles. The first-order valence-electron chi connectivity index (χ1n) is 4.94. The number of carbonyl (C=O) groups excluding carboxylic acids is 1. The molecule has 0 bridgehead atoms. The van der Waals surface area contributed by atoms with Crippen molar-refractivity contribution in [3.05, 3.63) is 11.1 Å². The summed E-state index contributed by atoms with van der Waals surface area (Å²) < 4.78 is 10.6. The first kappa shape index (κ1) is 11.3. The van der Waals surface area contributed by atoms with Gasteiger partial charge in [-0.3, -0.25) is 4.79 Å². The van der Waals surface area contributed by atoms with Crippen LogP contribution in [0.15, 0.2) is 5.38 Å². The summed E-state index contributed by atoms with van der Waals surface area (Å²) in [6.07, 6.45) is -0.0753. The van der Waals surface area contributed by atoms with Crippen molar-refractivity contribution < 1.29 is 14.3 Å². The van der Waals surface area contributed by atoms with E-state index in [-0.39, 0.29) is 12.0 Å². The summed E-state index contributed by atoms with van der Waals surface area (Å²) in [5.74, 6) is -0.234. The number of nitrogens with two attached hydrogens (primary N) is 1. The first-order chi connectivity index (χ1) is 7.75. The van der Waals surface area contributed by atoms with Crippen LogP contribution in [0.2, 0.25) is 0 Å². The lowest BCUT2D eigenvalue weighted by Crippen LogP contribution is -2.39. The third-order valence-corrected chi connectivity index (χ3v) is 2.80. The number of thiazole rings is 1. The molecule has 16 heavy (non-hydrogen) atoms. The van der Waals surface area contributed by atoms with E-state index in [1.165, 1.54) is 11.3 Å². The zero-order valence-electron chi connectivity index (χ0n) is 8.64. The maximum Gasteiger partial charge on any atom is 0.270 e. The van der Waals surface area contributed by atoms with E-state index in [4.69, 9.17) is 15.2 Å². The molecule has 2 heterocycles. The Morgan fingerprint density at radius 2 is 2.56 bits per heavy atom. The van der Waals surface area contributed by atoms with Crippen molar-refractivity contribution in [3.8, 4) is 0 Å². The van der Waals surface area contributed by atoms with Crippen molar-refractivity contribution in [2.75, 3.05) is 32.1 Å². The summed E-state index contributed by atoms with van der Waals surface area (Å²) in [4.78, 5) is 15.5. The highest BCUT2D eigenvalue weighted by Gasteiger charge is 2.16. The topological polar surface area (TPSA) is 86.5 Å². The van der Waals surface area contributed by atoms with Crippen LogP contribution in [0, 0.1) is 0 Å². The largest absolute Gasteiger partial charge is 0.376 e. The lowest BCUT2D eigenvalue weighted by atomic mass is 10.3. The standard InChI is InChI=1S/C9H13N3O3S/c10-9-12-7(5-16-9)8(13)11-3-6-4-14-1-2-15-6/h5-6H,1-4H2,(H2,10,12)(H,11,13). The van der Waals surface area contributed by atoms with Crippen LogP contribution in [-0.2, 0) is 9.47 Å². The molecule has 0 radical (unpaired) electrons. The molecular weight excluding hydrogens is 230 g/mol. The Morgan fingerprint density at radius 3 is 3.19 bits per heavy atom. The lowest BCUT2D eigenvalue weighted by molar-refractivity contribution is -0.0855. The van der Waals surface area contributed by atoms with Crippen LogP contribution < -0.4 is 11.1 Å². The van der Waals surface area contributed by atoms with Crippen LogP contribution in [0.5, 0.6) is 0 Å². The second-order valence-corrected chi connectivity index (χ2v) is 4.24. The van der Waals surface area contributed by atoms with Crippen molar-refractivity contribution >= 4 is 22.4 Å². The van der Waals surface area contributed by atoms with Gasteiger partial charge in [0.1, 0.15) is 5.69 Å². The van der Waals surface area contributed by atoms with E-state index >= 15 is 0 Å². The highest BCUT2D eigenvalue weighted by Crippen LogP contribution is 2.10. The molecular formula is C9H13N3O3S. The number of rotatable bonds is 3. The van der Waals surface area contributed by atoms with Crippen molar-refractivity contribution in [2.24, 2.45) is 0 Å². The Bertz CT molecular complexity index is 363. The molecule has 0 saturated carbocycles. The SMILES string of the molecule is Nc1nc(C(=O)NCC2COCCO2)cs1. The number of anilines is 1. The van der Waals surface area contributed by atoms with Crippen LogP contribution in [0.4, 0.5) is 5.13 Å². The van der Waals surface area contributed by atoms with Gasteiger partial charge in [0.2, 0.25) is 0 Å². The molecule has 1 aromatic rings. The number of hydrogen-bond donors (Lipinski definition) is 2. The number of hydrogen-bond acceptors (Lipinski definition) is 6. The molecule has 2 rings (SSSR count). The second kappa shape index (κ2) is 5.24. The Kier molecular flexibility index (Phi) is 3.70. The van der Waals surface area contributed by atoms with Crippen molar-refractivity contribution in [3.63, 3.8) is 0 Å². The average molecular weight is 243 g/mol.